The van der Waals surface area contributed by atoms with Gasteiger partial charge in [-0.1, -0.05) is 0 Å². The second kappa shape index (κ2) is 5.72. The van der Waals surface area contributed by atoms with Crippen molar-refractivity contribution >= 4 is 5.91 Å². The summed E-state index contributed by atoms with van der Waals surface area (Å²) >= 11 is 0. The minimum Gasteiger partial charge on any atom is -0.395 e. The number of halogens is 2. The van der Waals surface area contributed by atoms with Crippen molar-refractivity contribution in [3.05, 3.63) is 34.9 Å². The van der Waals surface area contributed by atoms with Crippen molar-refractivity contribution in [3.63, 3.8) is 0 Å². The Hall–Kier alpha value is -1.49. The molecule has 1 rings (SSSR count). The molecule has 0 aliphatic rings. The summed E-state index contributed by atoms with van der Waals surface area (Å²) in [5, 5.41) is 8.78. The molecule has 1 amide bonds. The number of carbonyl (C=O) groups is 1. The number of carbonyl (C=O) groups excluding carboxylic acids is 1. The van der Waals surface area contributed by atoms with Crippen LogP contribution < -0.4 is 0 Å². The number of aliphatic hydroxyl groups is 1. The van der Waals surface area contributed by atoms with Crippen LogP contribution in [0.1, 0.15) is 22.8 Å². The summed E-state index contributed by atoms with van der Waals surface area (Å²) in [5.41, 5.74) is 0.0500. The summed E-state index contributed by atoms with van der Waals surface area (Å²) in [6.07, 6.45) is 0. The predicted octanol–water partition coefficient (Wildman–Crippen LogP) is 1.73. The molecule has 1 N–H and O–H groups in total. The normalized spacial score (nSPS) is 10.4. The van der Waals surface area contributed by atoms with Crippen molar-refractivity contribution in [1.82, 2.24) is 4.90 Å². The highest BCUT2D eigenvalue weighted by Gasteiger charge is 2.19. The maximum Gasteiger partial charge on any atom is 0.256 e. The molecule has 0 atom stereocenters. The molecule has 17 heavy (non-hydrogen) atoms. The van der Waals surface area contributed by atoms with Crippen LogP contribution in [-0.4, -0.2) is 35.6 Å². The lowest BCUT2D eigenvalue weighted by atomic mass is 10.1. The first-order valence-corrected chi connectivity index (χ1v) is 5.37. The van der Waals surface area contributed by atoms with Crippen molar-refractivity contribution in [1.29, 1.82) is 0 Å². The van der Waals surface area contributed by atoms with Gasteiger partial charge in [-0.3, -0.25) is 4.79 Å². The largest absolute Gasteiger partial charge is 0.395 e. The van der Waals surface area contributed by atoms with E-state index in [0.29, 0.717) is 12.6 Å². The molecule has 0 spiro atoms. The van der Waals surface area contributed by atoms with E-state index in [1.54, 1.807) is 6.92 Å². The average Bonchev–Trinajstić information content (AvgIpc) is 2.30. The van der Waals surface area contributed by atoms with Gasteiger partial charge in [0.15, 0.2) is 0 Å². The van der Waals surface area contributed by atoms with Gasteiger partial charge in [0, 0.05) is 19.2 Å². The molecule has 0 saturated heterocycles. The molecule has 0 fully saturated rings. The molecule has 5 heteroatoms. The Balaban J connectivity index is 3.07. The van der Waals surface area contributed by atoms with Crippen molar-refractivity contribution in [2.45, 2.75) is 13.8 Å². The summed E-state index contributed by atoms with van der Waals surface area (Å²) in [6.45, 7) is 3.48. The molecule has 0 aliphatic carbocycles. The van der Waals surface area contributed by atoms with Gasteiger partial charge in [0.25, 0.3) is 5.91 Å². The van der Waals surface area contributed by atoms with Gasteiger partial charge in [-0.2, -0.15) is 0 Å². The van der Waals surface area contributed by atoms with Gasteiger partial charge in [-0.05, 0) is 25.5 Å². The fraction of sp³-hybridized carbons (Fsp3) is 0.417. The van der Waals surface area contributed by atoms with Gasteiger partial charge < -0.3 is 10.0 Å². The van der Waals surface area contributed by atoms with Gasteiger partial charge in [0.05, 0.1) is 12.2 Å². The number of amides is 1. The Kier molecular flexibility index (Phi) is 4.57. The second-order valence-corrected chi connectivity index (χ2v) is 3.69. The SMILES string of the molecule is CCN(CCO)C(=O)c1cc(C)c(F)cc1F. The lowest BCUT2D eigenvalue weighted by Crippen LogP contribution is -2.34. The van der Waals surface area contributed by atoms with Crippen LogP contribution in [0, 0.1) is 18.6 Å². The van der Waals surface area contributed by atoms with Crippen LogP contribution in [-0.2, 0) is 0 Å². The van der Waals surface area contributed by atoms with E-state index in [9.17, 15) is 13.6 Å². The van der Waals surface area contributed by atoms with E-state index in [1.165, 1.54) is 17.9 Å². The summed E-state index contributed by atoms with van der Waals surface area (Å²) in [6, 6.07) is 1.89. The number of hydrogen-bond donors (Lipinski definition) is 1. The number of aliphatic hydroxyl groups excluding tert-OH is 1. The lowest BCUT2D eigenvalue weighted by molar-refractivity contribution is 0.0727. The van der Waals surface area contributed by atoms with Gasteiger partial charge in [-0.15, -0.1) is 0 Å². The molecule has 0 radical (unpaired) electrons. The van der Waals surface area contributed by atoms with Crippen molar-refractivity contribution in [2.24, 2.45) is 0 Å². The molecule has 0 saturated carbocycles. The minimum atomic E-state index is -0.880. The van der Waals surface area contributed by atoms with Crippen molar-refractivity contribution < 1.29 is 18.7 Å². The summed E-state index contributed by atoms with van der Waals surface area (Å²) in [5.74, 6) is -2.10. The Morgan fingerprint density at radius 1 is 1.35 bits per heavy atom. The van der Waals surface area contributed by atoms with E-state index in [2.05, 4.69) is 0 Å². The van der Waals surface area contributed by atoms with Crippen molar-refractivity contribution in [2.75, 3.05) is 19.7 Å². The number of hydrogen-bond acceptors (Lipinski definition) is 2. The molecule has 0 bridgehead atoms. The average molecular weight is 243 g/mol. The molecule has 0 heterocycles. The molecule has 0 aliphatic heterocycles. The first kappa shape index (κ1) is 13.6. The van der Waals surface area contributed by atoms with Crippen LogP contribution in [0.15, 0.2) is 12.1 Å². The number of likely N-dealkylation sites (N-methyl/N-ethyl adjacent to an activating group) is 1. The van der Waals surface area contributed by atoms with E-state index in [-0.39, 0.29) is 24.3 Å². The monoisotopic (exact) mass is 243 g/mol. The smallest absolute Gasteiger partial charge is 0.256 e. The second-order valence-electron chi connectivity index (χ2n) is 3.69. The van der Waals surface area contributed by atoms with E-state index in [1.807, 2.05) is 0 Å². The highest BCUT2D eigenvalue weighted by molar-refractivity contribution is 5.94. The molecule has 94 valence electrons. The lowest BCUT2D eigenvalue weighted by Gasteiger charge is -2.20. The van der Waals surface area contributed by atoms with Gasteiger partial charge in [0.1, 0.15) is 11.6 Å². The Morgan fingerprint density at radius 3 is 2.53 bits per heavy atom. The van der Waals surface area contributed by atoms with Crippen LogP contribution >= 0.6 is 0 Å². The van der Waals surface area contributed by atoms with E-state index < -0.39 is 17.5 Å². The van der Waals surface area contributed by atoms with Gasteiger partial charge >= 0.3 is 0 Å². The third-order valence-electron chi connectivity index (χ3n) is 2.52. The highest BCUT2D eigenvalue weighted by Crippen LogP contribution is 2.16. The summed E-state index contributed by atoms with van der Waals surface area (Å²) in [7, 11) is 0. The standard InChI is InChI=1S/C12H15F2NO2/c1-3-15(4-5-16)12(17)9-6-8(2)10(13)7-11(9)14/h6-7,16H,3-5H2,1-2H3. The quantitative estimate of drug-likeness (QED) is 0.874. The van der Waals surface area contributed by atoms with E-state index in [0.717, 1.165) is 0 Å². The maximum absolute atomic E-state index is 13.5. The molecular weight excluding hydrogens is 228 g/mol. The zero-order valence-corrected chi connectivity index (χ0v) is 9.83. The first-order valence-electron chi connectivity index (χ1n) is 5.37. The van der Waals surface area contributed by atoms with Crippen LogP contribution in [0.3, 0.4) is 0 Å². The van der Waals surface area contributed by atoms with Gasteiger partial charge in [-0.25, -0.2) is 8.78 Å². The zero-order chi connectivity index (χ0) is 13.0. The maximum atomic E-state index is 13.5. The van der Waals surface area contributed by atoms with E-state index >= 15 is 0 Å². The highest BCUT2D eigenvalue weighted by atomic mass is 19.1. The number of rotatable bonds is 4. The minimum absolute atomic E-state index is 0.130. The third-order valence-corrected chi connectivity index (χ3v) is 2.52. The zero-order valence-electron chi connectivity index (χ0n) is 9.83. The van der Waals surface area contributed by atoms with Crippen LogP contribution in [0.25, 0.3) is 0 Å². The summed E-state index contributed by atoms with van der Waals surface area (Å²) < 4.78 is 26.5. The third kappa shape index (κ3) is 3.00. The van der Waals surface area contributed by atoms with Crippen LogP contribution in [0.2, 0.25) is 0 Å². The van der Waals surface area contributed by atoms with Gasteiger partial charge in [0.2, 0.25) is 0 Å². The Morgan fingerprint density at radius 2 is 2.00 bits per heavy atom. The fourth-order valence-corrected chi connectivity index (χ4v) is 1.52. The molecule has 1 aromatic rings. The number of nitrogens with zero attached hydrogens (tertiary/aromatic N) is 1. The molecule has 0 unspecified atom stereocenters. The Bertz CT molecular complexity index is 421. The topological polar surface area (TPSA) is 40.5 Å². The predicted molar refractivity (Wildman–Crippen MR) is 59.8 cm³/mol. The van der Waals surface area contributed by atoms with Crippen LogP contribution in [0.5, 0.6) is 0 Å². The number of benzene rings is 1. The molecule has 0 aromatic heterocycles. The fourth-order valence-electron chi connectivity index (χ4n) is 1.52. The first-order chi connectivity index (χ1) is 8.01. The van der Waals surface area contributed by atoms with Crippen LogP contribution in [0.4, 0.5) is 8.78 Å². The number of aryl methyl sites for hydroxylation is 1. The molecule has 3 nitrogen and oxygen atoms in total. The summed E-state index contributed by atoms with van der Waals surface area (Å²) in [4.78, 5) is 13.2. The molecular formula is C12H15F2NO2. The Labute approximate surface area is 98.7 Å². The molecule has 1 aromatic carbocycles. The van der Waals surface area contributed by atoms with Crippen molar-refractivity contribution in [3.8, 4) is 0 Å². The van der Waals surface area contributed by atoms with E-state index in [4.69, 9.17) is 5.11 Å².